The van der Waals surface area contributed by atoms with Crippen molar-refractivity contribution in [3.8, 4) is 11.5 Å². The number of phenols is 1. The number of hydrogen-bond donors (Lipinski definition) is 1. The molecule has 0 aliphatic carbocycles. The number of aromatic hydroxyl groups is 1. The minimum Gasteiger partial charge on any atom is -0.508 e. The van der Waals surface area contributed by atoms with Crippen LogP contribution in [0.2, 0.25) is 0 Å². The van der Waals surface area contributed by atoms with E-state index in [1.54, 1.807) is 7.11 Å². The number of piperazine rings is 1. The molecule has 2 aromatic carbocycles. The Morgan fingerprint density at radius 1 is 0.897 bits per heavy atom. The Labute approximate surface area is 176 Å². The fraction of sp³-hybridized carbons (Fsp3) is 0.520. The lowest BCUT2D eigenvalue weighted by Gasteiger charge is -2.33. The van der Waals surface area contributed by atoms with E-state index in [1.165, 1.54) is 11.1 Å². The zero-order chi connectivity index (χ0) is 20.8. The second-order valence-corrected chi connectivity index (χ2v) is 8.27. The topological polar surface area (TPSA) is 35.9 Å². The Balaban J connectivity index is 1.82. The van der Waals surface area contributed by atoms with Crippen molar-refractivity contribution < 1.29 is 9.84 Å². The van der Waals surface area contributed by atoms with Gasteiger partial charge in [-0.3, -0.25) is 4.90 Å². The van der Waals surface area contributed by atoms with Gasteiger partial charge in [0.25, 0.3) is 0 Å². The molecule has 0 amide bonds. The zero-order valence-corrected chi connectivity index (χ0v) is 18.4. The van der Waals surface area contributed by atoms with Gasteiger partial charge in [-0.1, -0.05) is 38.1 Å². The first-order valence-corrected chi connectivity index (χ1v) is 10.9. The highest BCUT2D eigenvalue weighted by molar-refractivity contribution is 5.40. The number of nitrogens with zero attached hydrogens (tertiary/aromatic N) is 2. The fourth-order valence-corrected chi connectivity index (χ4v) is 4.57. The predicted molar refractivity (Wildman–Crippen MR) is 120 cm³/mol. The maximum absolute atomic E-state index is 10.5. The van der Waals surface area contributed by atoms with Crippen LogP contribution in [-0.2, 0) is 6.54 Å². The van der Waals surface area contributed by atoms with Crippen molar-refractivity contribution >= 4 is 0 Å². The van der Waals surface area contributed by atoms with Gasteiger partial charge >= 0.3 is 0 Å². The highest BCUT2D eigenvalue weighted by atomic mass is 16.5. The largest absolute Gasteiger partial charge is 0.508 e. The SMILES string of the molecule is CC[C@H](c1ccc(OC)cc1)[C@@H](CC)c1ccc(O)c(CN2CCN(C)CC2)c1. The first kappa shape index (κ1) is 21.7. The van der Waals surface area contributed by atoms with Crippen LogP contribution in [0.5, 0.6) is 11.5 Å². The molecule has 0 bridgehead atoms. The normalized spacial score (nSPS) is 17.8. The molecule has 0 unspecified atom stereocenters. The van der Waals surface area contributed by atoms with Gasteiger partial charge in [0, 0.05) is 38.3 Å². The Kier molecular flexibility index (Phi) is 7.57. The van der Waals surface area contributed by atoms with Crippen LogP contribution >= 0.6 is 0 Å². The summed E-state index contributed by atoms with van der Waals surface area (Å²) in [6, 6.07) is 14.8. The number of rotatable bonds is 8. The number of methoxy groups -OCH3 is 1. The van der Waals surface area contributed by atoms with Crippen LogP contribution in [0.3, 0.4) is 0 Å². The fourth-order valence-electron chi connectivity index (χ4n) is 4.57. The van der Waals surface area contributed by atoms with Crippen LogP contribution in [0.1, 0.15) is 55.2 Å². The molecular formula is C25H36N2O2. The molecule has 1 saturated heterocycles. The van der Waals surface area contributed by atoms with Crippen LogP contribution < -0.4 is 4.74 Å². The van der Waals surface area contributed by atoms with E-state index in [1.807, 2.05) is 6.07 Å². The number of ether oxygens (including phenoxy) is 1. The van der Waals surface area contributed by atoms with Gasteiger partial charge in [0.2, 0.25) is 0 Å². The van der Waals surface area contributed by atoms with E-state index in [0.29, 0.717) is 17.6 Å². The molecule has 2 atom stereocenters. The summed E-state index contributed by atoms with van der Waals surface area (Å²) in [4.78, 5) is 4.81. The molecule has 0 spiro atoms. The highest BCUT2D eigenvalue weighted by Gasteiger charge is 2.23. The van der Waals surface area contributed by atoms with Gasteiger partial charge in [0.15, 0.2) is 0 Å². The van der Waals surface area contributed by atoms with Crippen molar-refractivity contribution in [2.45, 2.75) is 45.1 Å². The van der Waals surface area contributed by atoms with Crippen molar-refractivity contribution in [1.82, 2.24) is 9.80 Å². The van der Waals surface area contributed by atoms with Gasteiger partial charge in [0.1, 0.15) is 11.5 Å². The summed E-state index contributed by atoms with van der Waals surface area (Å²) in [5.74, 6) is 2.20. The molecule has 0 saturated carbocycles. The molecule has 0 radical (unpaired) electrons. The first-order chi connectivity index (χ1) is 14.0. The predicted octanol–water partition coefficient (Wildman–Crippen LogP) is 4.84. The molecule has 4 nitrogen and oxygen atoms in total. The molecule has 29 heavy (non-hydrogen) atoms. The summed E-state index contributed by atoms with van der Waals surface area (Å²) >= 11 is 0. The second-order valence-electron chi connectivity index (χ2n) is 8.27. The first-order valence-electron chi connectivity index (χ1n) is 10.9. The molecular weight excluding hydrogens is 360 g/mol. The van der Waals surface area contributed by atoms with Crippen LogP contribution in [0, 0.1) is 0 Å². The number of hydrogen-bond acceptors (Lipinski definition) is 4. The summed E-state index contributed by atoms with van der Waals surface area (Å²) in [5.41, 5.74) is 3.74. The zero-order valence-electron chi connectivity index (χ0n) is 18.4. The van der Waals surface area contributed by atoms with E-state index in [-0.39, 0.29) is 0 Å². The molecule has 4 heteroatoms. The molecule has 1 aliphatic rings. The molecule has 0 aromatic heterocycles. The molecule has 2 aromatic rings. The van der Waals surface area contributed by atoms with Crippen LogP contribution in [0.4, 0.5) is 0 Å². The highest BCUT2D eigenvalue weighted by Crippen LogP contribution is 2.39. The smallest absolute Gasteiger partial charge is 0.120 e. The Bertz CT molecular complexity index is 767. The van der Waals surface area contributed by atoms with Gasteiger partial charge in [0.05, 0.1) is 7.11 Å². The summed E-state index contributed by atoms with van der Waals surface area (Å²) in [5, 5.41) is 10.5. The second kappa shape index (κ2) is 10.1. The van der Waals surface area contributed by atoms with Crippen molar-refractivity contribution in [2.24, 2.45) is 0 Å². The van der Waals surface area contributed by atoms with E-state index in [2.05, 4.69) is 67.1 Å². The Hall–Kier alpha value is -2.04. The minimum absolute atomic E-state index is 0.417. The Morgan fingerprint density at radius 3 is 2.07 bits per heavy atom. The van der Waals surface area contributed by atoms with Gasteiger partial charge < -0.3 is 14.7 Å². The average Bonchev–Trinajstić information content (AvgIpc) is 2.75. The van der Waals surface area contributed by atoms with Crippen LogP contribution in [0.25, 0.3) is 0 Å². The standard InChI is InChI=1S/C25H36N2O2/c1-5-23(19-7-10-22(29-4)11-8-19)24(6-2)20-9-12-25(28)21(17-20)18-27-15-13-26(3)14-16-27/h7-12,17,23-24,28H,5-6,13-16,18H2,1-4H3/t23-,24+/m1/s1. The number of likely N-dealkylation sites (N-methyl/N-ethyl adjacent to an activating group) is 1. The van der Waals surface area contributed by atoms with E-state index in [0.717, 1.165) is 56.9 Å². The van der Waals surface area contributed by atoms with Crippen molar-refractivity contribution in [1.29, 1.82) is 0 Å². The van der Waals surface area contributed by atoms with Crippen LogP contribution in [0.15, 0.2) is 42.5 Å². The maximum atomic E-state index is 10.5. The summed E-state index contributed by atoms with van der Waals surface area (Å²) in [6.45, 7) is 9.65. The van der Waals surface area contributed by atoms with E-state index in [9.17, 15) is 5.11 Å². The number of phenolic OH excluding ortho intramolecular Hbond substituents is 1. The summed E-state index contributed by atoms with van der Waals surface area (Å²) in [7, 11) is 3.88. The maximum Gasteiger partial charge on any atom is 0.120 e. The van der Waals surface area contributed by atoms with Gasteiger partial charge in [-0.15, -0.1) is 0 Å². The molecule has 158 valence electrons. The molecule has 1 N–H and O–H groups in total. The summed E-state index contributed by atoms with van der Waals surface area (Å²) in [6.07, 6.45) is 2.16. The lowest BCUT2D eigenvalue weighted by molar-refractivity contribution is 0.147. The van der Waals surface area contributed by atoms with Gasteiger partial charge in [-0.2, -0.15) is 0 Å². The van der Waals surface area contributed by atoms with E-state index in [4.69, 9.17) is 4.74 Å². The molecule has 1 fully saturated rings. The third kappa shape index (κ3) is 5.31. The molecule has 1 aliphatic heterocycles. The van der Waals surface area contributed by atoms with Crippen molar-refractivity contribution in [2.75, 3.05) is 40.3 Å². The summed E-state index contributed by atoms with van der Waals surface area (Å²) < 4.78 is 5.33. The third-order valence-corrected chi connectivity index (χ3v) is 6.43. The lowest BCUT2D eigenvalue weighted by atomic mass is 9.78. The Morgan fingerprint density at radius 2 is 1.48 bits per heavy atom. The third-order valence-electron chi connectivity index (χ3n) is 6.43. The average molecular weight is 397 g/mol. The van der Waals surface area contributed by atoms with Gasteiger partial charge in [-0.25, -0.2) is 0 Å². The number of benzene rings is 2. The van der Waals surface area contributed by atoms with E-state index < -0.39 is 0 Å². The monoisotopic (exact) mass is 396 g/mol. The molecule has 1 heterocycles. The lowest BCUT2D eigenvalue weighted by Crippen LogP contribution is -2.43. The van der Waals surface area contributed by atoms with Gasteiger partial charge in [-0.05, 0) is 61.1 Å². The molecule has 3 rings (SSSR count). The van der Waals surface area contributed by atoms with Crippen molar-refractivity contribution in [3.05, 3.63) is 59.2 Å². The van der Waals surface area contributed by atoms with E-state index >= 15 is 0 Å². The van der Waals surface area contributed by atoms with Crippen molar-refractivity contribution in [3.63, 3.8) is 0 Å². The van der Waals surface area contributed by atoms with Crippen LogP contribution in [-0.4, -0.2) is 55.2 Å². The quantitative estimate of drug-likeness (QED) is 0.693. The minimum atomic E-state index is 0.417.